The van der Waals surface area contributed by atoms with Crippen LogP contribution < -0.4 is 21.6 Å². The standard InChI is InChI=1S/C15H23N5O.CH3NO2/c1-15(2,3)18-10-6-8-20(9-10)11-5-7-16-13-12(11)17-14(21)19(13)4;2-1(3)4/h5,7,10,18H,6,8-9H2,1-4H3,(H,17,21);2H2,(H,3,4)/t10-;/m1./s1. The highest BCUT2D eigenvalue weighted by atomic mass is 16.4. The van der Waals surface area contributed by atoms with E-state index in [-0.39, 0.29) is 11.2 Å². The lowest BCUT2D eigenvalue weighted by Gasteiger charge is -2.26. The second-order valence-electron chi connectivity index (χ2n) is 7.18. The number of amides is 1. The molecular formula is C16H26N6O3. The number of hydrogen-bond acceptors (Lipinski definition) is 5. The molecule has 0 bridgehead atoms. The third kappa shape index (κ3) is 4.72. The summed E-state index contributed by atoms with van der Waals surface area (Å²) in [6.07, 6.45) is 1.55. The Balaban J connectivity index is 0.000000511. The van der Waals surface area contributed by atoms with Gasteiger partial charge < -0.3 is 26.0 Å². The summed E-state index contributed by atoms with van der Waals surface area (Å²) < 4.78 is 1.56. The number of nitrogens with zero attached hydrogens (tertiary/aromatic N) is 3. The van der Waals surface area contributed by atoms with Gasteiger partial charge in [-0.2, -0.15) is 0 Å². The van der Waals surface area contributed by atoms with Crippen LogP contribution in [0.2, 0.25) is 0 Å². The molecule has 0 unspecified atom stereocenters. The average molecular weight is 350 g/mol. The van der Waals surface area contributed by atoms with Gasteiger partial charge in [-0.1, -0.05) is 0 Å². The fourth-order valence-corrected chi connectivity index (χ4v) is 3.07. The molecule has 1 fully saturated rings. The van der Waals surface area contributed by atoms with Crippen molar-refractivity contribution in [2.24, 2.45) is 12.8 Å². The van der Waals surface area contributed by atoms with Crippen LogP contribution >= 0.6 is 0 Å². The second-order valence-corrected chi connectivity index (χ2v) is 7.18. The van der Waals surface area contributed by atoms with Crippen molar-refractivity contribution >= 4 is 22.9 Å². The summed E-state index contributed by atoms with van der Waals surface area (Å²) in [5.41, 5.74) is 6.64. The fourth-order valence-electron chi connectivity index (χ4n) is 3.07. The molecule has 0 radical (unpaired) electrons. The molecule has 0 aromatic carbocycles. The number of nitrogens with two attached hydrogens (primary N) is 1. The van der Waals surface area contributed by atoms with E-state index >= 15 is 0 Å². The molecule has 0 aliphatic carbocycles. The van der Waals surface area contributed by atoms with E-state index < -0.39 is 6.09 Å². The van der Waals surface area contributed by atoms with Gasteiger partial charge in [0.15, 0.2) is 5.65 Å². The van der Waals surface area contributed by atoms with Crippen LogP contribution in [-0.4, -0.2) is 50.4 Å². The number of aryl methyl sites for hydroxylation is 1. The first-order chi connectivity index (χ1) is 11.6. The zero-order chi connectivity index (χ0) is 18.8. The van der Waals surface area contributed by atoms with E-state index in [1.54, 1.807) is 17.8 Å². The van der Waals surface area contributed by atoms with E-state index in [4.69, 9.17) is 9.90 Å². The Morgan fingerprint density at radius 2 is 2.12 bits per heavy atom. The first-order valence-electron chi connectivity index (χ1n) is 8.13. The van der Waals surface area contributed by atoms with E-state index in [1.165, 1.54) is 0 Å². The van der Waals surface area contributed by atoms with Crippen molar-refractivity contribution in [2.45, 2.75) is 38.8 Å². The summed E-state index contributed by atoms with van der Waals surface area (Å²) in [5, 5.41) is 10.8. The number of nitrogens with one attached hydrogen (secondary N) is 2. The van der Waals surface area contributed by atoms with Crippen LogP contribution in [0, 0.1) is 0 Å². The molecule has 5 N–H and O–H groups in total. The average Bonchev–Trinajstić information content (AvgIpc) is 3.02. The van der Waals surface area contributed by atoms with Crippen LogP contribution in [0.1, 0.15) is 27.2 Å². The second kappa shape index (κ2) is 7.14. The van der Waals surface area contributed by atoms with Crippen LogP contribution in [0.25, 0.3) is 11.2 Å². The van der Waals surface area contributed by atoms with Crippen LogP contribution in [0.4, 0.5) is 10.5 Å². The topological polar surface area (TPSA) is 129 Å². The van der Waals surface area contributed by atoms with Crippen molar-refractivity contribution in [3.05, 3.63) is 22.7 Å². The monoisotopic (exact) mass is 350 g/mol. The van der Waals surface area contributed by atoms with E-state index in [0.29, 0.717) is 11.7 Å². The fraction of sp³-hybridized carbons (Fsp3) is 0.562. The summed E-state index contributed by atoms with van der Waals surface area (Å²) in [7, 11) is 1.74. The number of primary amides is 1. The molecule has 2 aromatic heterocycles. The first-order valence-corrected chi connectivity index (χ1v) is 8.13. The Kier molecular flexibility index (Phi) is 5.36. The first kappa shape index (κ1) is 18.8. The molecular weight excluding hydrogens is 324 g/mol. The summed E-state index contributed by atoms with van der Waals surface area (Å²) >= 11 is 0. The summed E-state index contributed by atoms with van der Waals surface area (Å²) in [5.74, 6) is 0. The molecule has 0 spiro atoms. The van der Waals surface area contributed by atoms with Gasteiger partial charge in [0.2, 0.25) is 0 Å². The van der Waals surface area contributed by atoms with Crippen molar-refractivity contribution in [1.29, 1.82) is 0 Å². The molecule has 25 heavy (non-hydrogen) atoms. The van der Waals surface area contributed by atoms with E-state index in [9.17, 15) is 4.79 Å². The number of fused-ring (bicyclic) bond motifs is 1. The van der Waals surface area contributed by atoms with Gasteiger partial charge in [0.25, 0.3) is 0 Å². The van der Waals surface area contributed by atoms with Crippen LogP contribution in [0.5, 0.6) is 0 Å². The maximum atomic E-state index is 11.8. The number of imidazole rings is 1. The molecule has 1 amide bonds. The normalized spacial score (nSPS) is 17.4. The van der Waals surface area contributed by atoms with Gasteiger partial charge in [-0.15, -0.1) is 0 Å². The van der Waals surface area contributed by atoms with Gasteiger partial charge in [-0.25, -0.2) is 14.6 Å². The molecule has 1 aliphatic heterocycles. The largest absolute Gasteiger partial charge is 0.465 e. The lowest BCUT2D eigenvalue weighted by molar-refractivity contribution is 0.205. The van der Waals surface area contributed by atoms with Crippen LogP contribution in [0.3, 0.4) is 0 Å². The summed E-state index contributed by atoms with van der Waals surface area (Å²) in [6, 6.07) is 2.46. The predicted octanol–water partition coefficient (Wildman–Crippen LogP) is 0.852. The Labute approximate surface area is 145 Å². The molecule has 1 aliphatic rings. The highest BCUT2D eigenvalue weighted by Gasteiger charge is 2.27. The van der Waals surface area contributed by atoms with Gasteiger partial charge in [0.05, 0.1) is 5.69 Å². The lowest BCUT2D eigenvalue weighted by atomic mass is 10.1. The molecule has 9 heteroatoms. The highest BCUT2D eigenvalue weighted by molar-refractivity contribution is 5.86. The third-order valence-electron chi connectivity index (χ3n) is 3.93. The van der Waals surface area contributed by atoms with Gasteiger partial charge >= 0.3 is 11.8 Å². The Morgan fingerprint density at radius 1 is 1.48 bits per heavy atom. The SMILES string of the molecule is Cn1c(=O)[nH]c2c(N3CC[C@@H](NC(C)(C)C)C3)ccnc21.NC(=O)O. The van der Waals surface area contributed by atoms with Crippen LogP contribution in [-0.2, 0) is 7.05 Å². The van der Waals surface area contributed by atoms with Crippen molar-refractivity contribution in [3.8, 4) is 0 Å². The van der Waals surface area contributed by atoms with Gasteiger partial charge in [-0.3, -0.25) is 4.57 Å². The Bertz CT molecular complexity index is 800. The van der Waals surface area contributed by atoms with Gasteiger partial charge in [0, 0.05) is 37.9 Å². The van der Waals surface area contributed by atoms with Crippen molar-refractivity contribution in [1.82, 2.24) is 19.9 Å². The maximum absolute atomic E-state index is 11.8. The van der Waals surface area contributed by atoms with Crippen LogP contribution in [0.15, 0.2) is 17.1 Å². The summed E-state index contributed by atoms with van der Waals surface area (Å²) in [6.45, 7) is 8.51. The minimum absolute atomic E-state index is 0.117. The molecule has 1 saturated heterocycles. The molecule has 3 heterocycles. The van der Waals surface area contributed by atoms with Gasteiger partial charge in [-0.05, 0) is 33.3 Å². The molecule has 1 atom stereocenters. The quantitative estimate of drug-likeness (QED) is 0.635. The third-order valence-corrected chi connectivity index (χ3v) is 3.93. The molecule has 3 rings (SSSR count). The molecule has 2 aromatic rings. The van der Waals surface area contributed by atoms with E-state index in [0.717, 1.165) is 30.7 Å². The summed E-state index contributed by atoms with van der Waals surface area (Å²) in [4.78, 5) is 30.1. The van der Waals surface area contributed by atoms with E-state index in [1.807, 2.05) is 6.07 Å². The zero-order valence-corrected chi connectivity index (χ0v) is 15.0. The van der Waals surface area contributed by atoms with Gasteiger partial charge in [0.1, 0.15) is 5.52 Å². The minimum atomic E-state index is -1.33. The molecule has 0 saturated carbocycles. The van der Waals surface area contributed by atoms with E-state index in [2.05, 4.69) is 46.7 Å². The molecule has 138 valence electrons. The number of rotatable bonds is 2. The van der Waals surface area contributed by atoms with Crippen molar-refractivity contribution in [2.75, 3.05) is 18.0 Å². The Morgan fingerprint density at radius 3 is 2.72 bits per heavy atom. The maximum Gasteiger partial charge on any atom is 0.402 e. The Hall–Kier alpha value is -2.55. The number of pyridine rings is 1. The predicted molar refractivity (Wildman–Crippen MR) is 97.1 cm³/mol. The number of aromatic nitrogens is 3. The van der Waals surface area contributed by atoms with Crippen molar-refractivity contribution in [3.63, 3.8) is 0 Å². The number of H-pyrrole nitrogens is 1. The highest BCUT2D eigenvalue weighted by Crippen LogP contribution is 2.26. The van der Waals surface area contributed by atoms with Crippen molar-refractivity contribution < 1.29 is 9.90 Å². The number of hydrogen-bond donors (Lipinski definition) is 4. The number of anilines is 1. The minimum Gasteiger partial charge on any atom is -0.465 e. The number of aromatic amines is 1. The smallest absolute Gasteiger partial charge is 0.402 e. The lowest BCUT2D eigenvalue weighted by Crippen LogP contribution is -2.44. The number of carboxylic acid groups (broad SMARTS) is 1. The number of carbonyl (C=O) groups is 1. The zero-order valence-electron chi connectivity index (χ0n) is 15.0. The molecule has 9 nitrogen and oxygen atoms in total.